The lowest BCUT2D eigenvalue weighted by atomic mass is 9.99. The molecule has 2 aliphatic rings. The molecule has 1 aromatic rings. The monoisotopic (exact) mass is 289 g/mol. The van der Waals surface area contributed by atoms with Crippen molar-refractivity contribution < 1.29 is 9.53 Å². The zero-order chi connectivity index (χ0) is 14.7. The van der Waals surface area contributed by atoms with Crippen LogP contribution in [0.3, 0.4) is 0 Å². The zero-order valence-corrected chi connectivity index (χ0v) is 12.6. The summed E-state index contributed by atoms with van der Waals surface area (Å²) >= 11 is 0. The van der Waals surface area contributed by atoms with Gasteiger partial charge in [-0.05, 0) is 39.0 Å². The number of hydrogen-bond donors (Lipinski definition) is 0. The van der Waals surface area contributed by atoms with E-state index >= 15 is 0 Å². The Morgan fingerprint density at radius 1 is 1.43 bits per heavy atom. The molecule has 0 spiro atoms. The summed E-state index contributed by atoms with van der Waals surface area (Å²) in [5, 5.41) is 0. The van der Waals surface area contributed by atoms with Gasteiger partial charge in [0.1, 0.15) is 5.82 Å². The van der Waals surface area contributed by atoms with Crippen LogP contribution in [0.4, 0.5) is 0 Å². The van der Waals surface area contributed by atoms with Gasteiger partial charge in [-0.15, -0.1) is 0 Å². The Bertz CT molecular complexity index is 535. The molecule has 21 heavy (non-hydrogen) atoms. The molecule has 1 amide bonds. The van der Waals surface area contributed by atoms with Gasteiger partial charge >= 0.3 is 0 Å². The van der Waals surface area contributed by atoms with Crippen molar-refractivity contribution in [2.24, 2.45) is 0 Å². The number of carbonyl (C=O) groups is 1. The third-order valence-corrected chi connectivity index (χ3v) is 4.36. The van der Waals surface area contributed by atoms with Crippen LogP contribution in [-0.2, 0) is 16.1 Å². The number of aromatic nitrogens is 2. The topological polar surface area (TPSA) is 47.4 Å². The molecule has 0 bridgehead atoms. The molecule has 0 saturated carbocycles. The summed E-state index contributed by atoms with van der Waals surface area (Å²) in [6, 6.07) is 0.101. The van der Waals surface area contributed by atoms with Crippen molar-refractivity contribution in [3.05, 3.63) is 30.1 Å². The van der Waals surface area contributed by atoms with Crippen molar-refractivity contribution >= 4 is 5.91 Å². The average Bonchev–Trinajstić information content (AvgIpc) is 3.03. The van der Waals surface area contributed by atoms with Crippen LogP contribution in [0.5, 0.6) is 0 Å². The summed E-state index contributed by atoms with van der Waals surface area (Å²) in [4.78, 5) is 19.3. The van der Waals surface area contributed by atoms with Gasteiger partial charge in [-0.2, -0.15) is 0 Å². The summed E-state index contributed by atoms with van der Waals surface area (Å²) in [6.45, 7) is 4.54. The highest BCUT2D eigenvalue weighted by Crippen LogP contribution is 2.32. The van der Waals surface area contributed by atoms with Gasteiger partial charge in [-0.1, -0.05) is 0 Å². The Kier molecular flexibility index (Phi) is 4.27. The molecule has 1 atom stereocenters. The number of carbonyl (C=O) groups excluding carboxylic acids is 1. The van der Waals surface area contributed by atoms with Crippen LogP contribution in [0.1, 0.15) is 50.9 Å². The first-order valence-corrected chi connectivity index (χ1v) is 7.94. The second-order valence-electron chi connectivity index (χ2n) is 5.70. The van der Waals surface area contributed by atoms with E-state index < -0.39 is 0 Å². The van der Waals surface area contributed by atoms with Crippen LogP contribution >= 0.6 is 0 Å². The zero-order valence-electron chi connectivity index (χ0n) is 12.6. The van der Waals surface area contributed by atoms with Gasteiger partial charge in [0.25, 0.3) is 5.91 Å². The lowest BCUT2D eigenvalue weighted by Crippen LogP contribution is -2.40. The number of nitrogens with zero attached hydrogens (tertiary/aromatic N) is 3. The molecule has 114 valence electrons. The van der Waals surface area contributed by atoms with E-state index in [0.717, 1.165) is 63.2 Å². The molecule has 5 heteroatoms. The molecular formula is C16H23N3O2. The molecule has 2 aliphatic heterocycles. The third-order valence-electron chi connectivity index (χ3n) is 4.36. The molecule has 0 aliphatic carbocycles. The second-order valence-corrected chi connectivity index (χ2v) is 5.70. The lowest BCUT2D eigenvalue weighted by molar-refractivity contribution is -0.131. The summed E-state index contributed by atoms with van der Waals surface area (Å²) < 4.78 is 7.48. The fourth-order valence-electron chi connectivity index (χ4n) is 3.23. The van der Waals surface area contributed by atoms with E-state index in [4.69, 9.17) is 4.74 Å². The maximum atomic E-state index is 12.8. The highest BCUT2D eigenvalue weighted by Gasteiger charge is 2.32. The van der Waals surface area contributed by atoms with E-state index in [1.807, 2.05) is 17.3 Å². The van der Waals surface area contributed by atoms with Crippen molar-refractivity contribution in [3.63, 3.8) is 0 Å². The van der Waals surface area contributed by atoms with Crippen LogP contribution in [0.25, 0.3) is 0 Å². The molecule has 0 aromatic carbocycles. The van der Waals surface area contributed by atoms with Crippen molar-refractivity contribution in [2.45, 2.75) is 51.6 Å². The van der Waals surface area contributed by atoms with Gasteiger partial charge in [-0.3, -0.25) is 4.79 Å². The SMILES string of the molecule is CCn1ccnc1[C@H]1CCCCN1C(=O)C1=COCCC1. The Hall–Kier alpha value is -1.78. The first kappa shape index (κ1) is 14.2. The van der Waals surface area contributed by atoms with Gasteiger partial charge in [0.05, 0.1) is 24.5 Å². The Morgan fingerprint density at radius 2 is 2.33 bits per heavy atom. The summed E-state index contributed by atoms with van der Waals surface area (Å²) in [5.74, 6) is 1.15. The fraction of sp³-hybridized carbons (Fsp3) is 0.625. The number of rotatable bonds is 3. The predicted molar refractivity (Wildman–Crippen MR) is 79.5 cm³/mol. The number of imidazole rings is 1. The maximum Gasteiger partial charge on any atom is 0.253 e. The summed E-state index contributed by atoms with van der Waals surface area (Å²) in [5.41, 5.74) is 0.808. The smallest absolute Gasteiger partial charge is 0.253 e. The van der Waals surface area contributed by atoms with Gasteiger partial charge in [0, 0.05) is 25.5 Å². The minimum absolute atomic E-state index is 0.101. The molecule has 0 unspecified atom stereocenters. The van der Waals surface area contributed by atoms with E-state index in [0.29, 0.717) is 0 Å². The predicted octanol–water partition coefficient (Wildman–Crippen LogP) is 2.65. The van der Waals surface area contributed by atoms with Crippen LogP contribution in [-0.4, -0.2) is 33.5 Å². The number of amides is 1. The maximum absolute atomic E-state index is 12.8. The van der Waals surface area contributed by atoms with Crippen LogP contribution in [0.2, 0.25) is 0 Å². The average molecular weight is 289 g/mol. The Labute approximate surface area is 125 Å². The quantitative estimate of drug-likeness (QED) is 0.859. The Morgan fingerprint density at radius 3 is 3.10 bits per heavy atom. The molecule has 5 nitrogen and oxygen atoms in total. The minimum atomic E-state index is 0.101. The first-order chi connectivity index (χ1) is 10.3. The van der Waals surface area contributed by atoms with Gasteiger partial charge in [-0.25, -0.2) is 4.98 Å². The molecule has 1 fully saturated rings. The first-order valence-electron chi connectivity index (χ1n) is 7.94. The minimum Gasteiger partial charge on any atom is -0.501 e. The van der Waals surface area contributed by atoms with Gasteiger partial charge in [0.15, 0.2) is 0 Å². The number of hydrogen-bond acceptors (Lipinski definition) is 3. The van der Waals surface area contributed by atoms with Crippen LogP contribution in [0.15, 0.2) is 24.2 Å². The number of piperidine rings is 1. The van der Waals surface area contributed by atoms with Crippen molar-refractivity contribution in [1.29, 1.82) is 0 Å². The number of likely N-dealkylation sites (tertiary alicyclic amines) is 1. The molecule has 1 saturated heterocycles. The van der Waals surface area contributed by atoms with Gasteiger partial charge in [0.2, 0.25) is 0 Å². The molecule has 3 heterocycles. The summed E-state index contributed by atoms with van der Waals surface area (Å²) in [6.07, 6.45) is 10.5. The molecule has 3 rings (SSSR count). The van der Waals surface area contributed by atoms with Gasteiger partial charge < -0.3 is 14.2 Å². The summed E-state index contributed by atoms with van der Waals surface area (Å²) in [7, 11) is 0. The van der Waals surface area contributed by atoms with Crippen LogP contribution in [0, 0.1) is 0 Å². The van der Waals surface area contributed by atoms with Crippen molar-refractivity contribution in [2.75, 3.05) is 13.2 Å². The van der Waals surface area contributed by atoms with E-state index in [2.05, 4.69) is 16.5 Å². The molecule has 0 radical (unpaired) electrons. The molecule has 0 N–H and O–H groups in total. The van der Waals surface area contributed by atoms with E-state index in [1.54, 1.807) is 6.26 Å². The highest BCUT2D eigenvalue weighted by molar-refractivity contribution is 5.93. The third kappa shape index (κ3) is 2.82. The highest BCUT2D eigenvalue weighted by atomic mass is 16.5. The lowest BCUT2D eigenvalue weighted by Gasteiger charge is -2.36. The molecule has 1 aromatic heterocycles. The number of aryl methyl sites for hydroxylation is 1. The van der Waals surface area contributed by atoms with Crippen molar-refractivity contribution in [1.82, 2.24) is 14.5 Å². The second kappa shape index (κ2) is 6.33. The van der Waals surface area contributed by atoms with E-state index in [-0.39, 0.29) is 11.9 Å². The van der Waals surface area contributed by atoms with Crippen LogP contribution < -0.4 is 0 Å². The standard InChI is InChI=1S/C16H23N3O2/c1-2-18-10-8-17-15(18)14-7-3-4-9-19(14)16(20)13-6-5-11-21-12-13/h8,10,12,14H,2-7,9,11H2,1H3/t14-/m1/s1. The van der Waals surface area contributed by atoms with E-state index in [1.165, 1.54) is 0 Å². The number of ether oxygens (including phenoxy) is 1. The largest absolute Gasteiger partial charge is 0.501 e. The van der Waals surface area contributed by atoms with E-state index in [9.17, 15) is 4.79 Å². The Balaban J connectivity index is 1.84. The fourth-order valence-corrected chi connectivity index (χ4v) is 3.23. The normalized spacial score (nSPS) is 22.6. The molecular weight excluding hydrogens is 266 g/mol. The van der Waals surface area contributed by atoms with Crippen molar-refractivity contribution in [3.8, 4) is 0 Å².